The third kappa shape index (κ3) is 14.3. The summed E-state index contributed by atoms with van der Waals surface area (Å²) in [5.74, 6) is -5.34. The van der Waals surface area contributed by atoms with Crippen LogP contribution in [0.5, 0.6) is 0 Å². The number of rotatable bonds is 9. The Morgan fingerprint density at radius 2 is 0.622 bits per heavy atom. The molecule has 8 aromatic carbocycles. The van der Waals surface area contributed by atoms with E-state index in [1.54, 1.807) is 48.5 Å². The van der Waals surface area contributed by atoms with E-state index in [-0.39, 0.29) is 49.4 Å². The molecule has 0 aliphatic rings. The molecule has 0 saturated heterocycles. The number of carbonyl (C=O) groups is 1. The fraction of sp³-hybridized carbons (Fsp3) is 0.0727. The monoisotopic (exact) mass is 1210 g/mol. The zero-order chi connectivity index (χ0) is 53.2. The number of carbonyl (C=O) groups excluding carboxylic acids is 1. The van der Waals surface area contributed by atoms with Crippen LogP contribution in [-0.2, 0) is 26.3 Å². The molecule has 1 radical (unpaired) electrons. The van der Waals surface area contributed by atoms with E-state index in [4.69, 9.17) is 5.11 Å². The van der Waals surface area contributed by atoms with E-state index in [2.05, 4.69) is 0 Å². The summed E-state index contributed by atoms with van der Waals surface area (Å²) < 4.78 is 175. The summed E-state index contributed by atoms with van der Waals surface area (Å²) >= 11 is 0. The standard InChI is InChI=1S/2C25H18F3OP.C5H2F6O2.Eu/c2*26-25(27,28)20-17-15-19(16-18-20)23-13-7-8-14-24(23)30(29,21-9-3-1-4-10-21)22-11-5-2-6-12-22;6-4(7,8)2(12)1-3(13)5(9,10)11;/h2*1-18H;1,12H;/b;;2-1-;. The average molecular weight is 1200 g/mol. The SMILES string of the molecule is O=C(/C=C(\O)C(F)(F)F)C(F)(F)F.O=P(c1ccccc1)(c1ccccc1)c1ccccc1-c1ccc(C(F)(F)F)cc1.O=P(c1ccccc1)(c1ccccc1)c1ccccc1-c1ccc(C(F)(F)F)cc1.[Eu]. The largest absolute Gasteiger partial charge is 0.504 e. The molecule has 383 valence electrons. The first-order chi connectivity index (χ1) is 34.4. The Bertz CT molecular complexity index is 2960. The number of allylic oxidation sites excluding steroid dienone is 2. The first kappa shape index (κ1) is 59.1. The third-order valence-corrected chi connectivity index (χ3v) is 17.1. The van der Waals surface area contributed by atoms with Crippen molar-refractivity contribution in [2.45, 2.75) is 24.7 Å². The Morgan fingerprint density at radius 3 is 0.865 bits per heavy atom. The van der Waals surface area contributed by atoms with Gasteiger partial charge in [-0.15, -0.1) is 0 Å². The van der Waals surface area contributed by atoms with Gasteiger partial charge in [-0.1, -0.05) is 194 Å². The molecule has 8 aromatic rings. The molecule has 0 fully saturated rings. The van der Waals surface area contributed by atoms with E-state index >= 15 is 0 Å². The summed E-state index contributed by atoms with van der Waals surface area (Å²) in [4.78, 5) is 9.86. The topological polar surface area (TPSA) is 71.4 Å². The molecule has 0 amide bonds. The molecular weight excluding hydrogens is 1170 g/mol. The molecule has 0 bridgehead atoms. The predicted molar refractivity (Wildman–Crippen MR) is 260 cm³/mol. The number of aliphatic hydroxyl groups is 1. The van der Waals surface area contributed by atoms with Crippen molar-refractivity contribution in [1.82, 2.24) is 0 Å². The van der Waals surface area contributed by atoms with Gasteiger partial charge in [0.25, 0.3) is 5.78 Å². The van der Waals surface area contributed by atoms with Crippen LogP contribution in [0.1, 0.15) is 11.1 Å². The van der Waals surface area contributed by atoms with Crippen molar-refractivity contribution >= 4 is 51.9 Å². The Labute approximate surface area is 457 Å². The van der Waals surface area contributed by atoms with E-state index in [1.165, 1.54) is 24.3 Å². The second-order valence-electron chi connectivity index (χ2n) is 15.6. The second kappa shape index (κ2) is 24.7. The molecule has 1 N–H and O–H groups in total. The van der Waals surface area contributed by atoms with Gasteiger partial charge in [-0.25, -0.2) is 0 Å². The molecule has 0 atom stereocenters. The fourth-order valence-corrected chi connectivity index (χ4v) is 13.1. The van der Waals surface area contributed by atoms with Gasteiger partial charge >= 0.3 is 24.7 Å². The second-order valence-corrected chi connectivity index (χ2v) is 21.1. The number of aliphatic hydroxyl groups excluding tert-OH is 1. The van der Waals surface area contributed by atoms with Crippen LogP contribution >= 0.6 is 14.3 Å². The van der Waals surface area contributed by atoms with Crippen molar-refractivity contribution < 1.29 is 121 Å². The Morgan fingerprint density at radius 1 is 0.365 bits per heavy atom. The van der Waals surface area contributed by atoms with Crippen LogP contribution in [0.25, 0.3) is 22.3 Å². The van der Waals surface area contributed by atoms with E-state index in [0.29, 0.717) is 54.1 Å². The molecule has 0 unspecified atom stereocenters. The van der Waals surface area contributed by atoms with E-state index in [9.17, 15) is 66.6 Å². The van der Waals surface area contributed by atoms with E-state index in [1.807, 2.05) is 121 Å². The normalized spacial score (nSPS) is 12.2. The zero-order valence-electron chi connectivity index (χ0n) is 37.8. The number of ketones is 1. The maximum Gasteiger partial charge on any atom is 0.454 e. The van der Waals surface area contributed by atoms with Gasteiger partial charge in [0.2, 0.25) is 5.76 Å². The average Bonchev–Trinajstić information content (AvgIpc) is 3.38. The third-order valence-electron chi connectivity index (χ3n) is 10.8. The number of alkyl halides is 12. The zero-order valence-corrected chi connectivity index (χ0v) is 42.1. The summed E-state index contributed by atoms with van der Waals surface area (Å²) in [6.45, 7) is 0. The Hall–Kier alpha value is -5.83. The first-order valence-corrected chi connectivity index (χ1v) is 24.8. The molecule has 0 spiro atoms. The number of halogens is 12. The molecule has 8 rings (SSSR count). The van der Waals surface area contributed by atoms with Crippen LogP contribution < -0.4 is 31.8 Å². The minimum Gasteiger partial charge on any atom is -0.504 e. The molecule has 0 heterocycles. The number of benzene rings is 8. The Balaban J connectivity index is 0.000000221. The van der Waals surface area contributed by atoms with Gasteiger partial charge in [0, 0.05) is 87.3 Å². The maximum absolute atomic E-state index is 14.7. The van der Waals surface area contributed by atoms with Crippen molar-refractivity contribution in [3.8, 4) is 22.3 Å². The minimum atomic E-state index is -5.42. The van der Waals surface area contributed by atoms with Gasteiger partial charge in [0.15, 0.2) is 14.3 Å². The predicted octanol–water partition coefficient (Wildman–Crippen LogP) is 14.1. The molecule has 0 saturated carbocycles. The van der Waals surface area contributed by atoms with Gasteiger partial charge in [-0.3, -0.25) is 4.79 Å². The van der Waals surface area contributed by atoms with Crippen LogP contribution in [0.2, 0.25) is 0 Å². The van der Waals surface area contributed by atoms with Crippen molar-refractivity contribution in [2.75, 3.05) is 0 Å². The minimum absolute atomic E-state index is 0. The molecule has 0 aliphatic heterocycles. The van der Waals surface area contributed by atoms with Crippen LogP contribution in [0.4, 0.5) is 52.7 Å². The van der Waals surface area contributed by atoms with E-state index < -0.39 is 67.7 Å². The summed E-state index contributed by atoms with van der Waals surface area (Å²) in [6.07, 6.45) is -20.5. The number of hydrogen-bond acceptors (Lipinski definition) is 4. The summed E-state index contributed by atoms with van der Waals surface area (Å²) in [5, 5.41) is 11.8. The first-order valence-electron chi connectivity index (χ1n) is 21.4. The molecule has 19 heteroatoms. The van der Waals surface area contributed by atoms with Gasteiger partial charge in [0.05, 0.1) is 11.1 Å². The van der Waals surface area contributed by atoms with Crippen LogP contribution in [0.15, 0.2) is 230 Å². The molecule has 0 aromatic heterocycles. The van der Waals surface area contributed by atoms with E-state index in [0.717, 1.165) is 24.3 Å². The van der Waals surface area contributed by atoms with Crippen molar-refractivity contribution in [1.29, 1.82) is 0 Å². The maximum atomic E-state index is 14.7. The Kier molecular flexibility index (Phi) is 19.7. The molecular formula is C55H38EuF12O4P2. The van der Waals surface area contributed by atoms with Gasteiger partial charge < -0.3 is 14.2 Å². The molecule has 74 heavy (non-hydrogen) atoms. The van der Waals surface area contributed by atoms with Crippen LogP contribution in [0, 0.1) is 49.4 Å². The molecule has 0 aliphatic carbocycles. The molecule has 4 nitrogen and oxygen atoms in total. The summed E-state index contributed by atoms with van der Waals surface area (Å²) in [7, 11) is -6.49. The van der Waals surface area contributed by atoms with Gasteiger partial charge in [0.1, 0.15) is 0 Å². The van der Waals surface area contributed by atoms with Crippen molar-refractivity contribution in [2.24, 2.45) is 0 Å². The smallest absolute Gasteiger partial charge is 0.454 e. The van der Waals surface area contributed by atoms with Crippen molar-refractivity contribution in [3.63, 3.8) is 0 Å². The van der Waals surface area contributed by atoms with Gasteiger partial charge in [-0.05, 0) is 46.5 Å². The van der Waals surface area contributed by atoms with Crippen LogP contribution in [-0.4, -0.2) is 23.2 Å². The van der Waals surface area contributed by atoms with Crippen molar-refractivity contribution in [3.05, 3.63) is 241 Å². The quantitative estimate of drug-likeness (QED) is 0.0677. The summed E-state index contributed by atoms with van der Waals surface area (Å²) in [6, 6.07) is 61.2. The van der Waals surface area contributed by atoms with Gasteiger partial charge in [-0.2, -0.15) is 52.7 Å². The fourth-order valence-electron chi connectivity index (χ4n) is 7.36. The summed E-state index contributed by atoms with van der Waals surface area (Å²) in [5.41, 5.74) is 1.07. The van der Waals surface area contributed by atoms with Crippen LogP contribution in [0.3, 0.4) is 0 Å². The number of hydrogen-bond donors (Lipinski definition) is 1.